The summed E-state index contributed by atoms with van der Waals surface area (Å²) in [6, 6.07) is 5.29. The zero-order valence-electron chi connectivity index (χ0n) is 21.2. The second-order valence-corrected chi connectivity index (χ2v) is 9.35. The highest BCUT2D eigenvalue weighted by molar-refractivity contribution is 7.13. The number of nitrogens with one attached hydrogen (secondary N) is 2. The quantitative estimate of drug-likeness (QED) is 0.326. The molecule has 0 bridgehead atoms. The Hall–Kier alpha value is -3.33. The molecule has 3 aromatic rings. The van der Waals surface area contributed by atoms with Crippen molar-refractivity contribution in [1.29, 1.82) is 0 Å². The number of benzene rings is 1. The first-order valence-corrected chi connectivity index (χ1v) is 12.5. The van der Waals surface area contributed by atoms with Gasteiger partial charge in [-0.05, 0) is 70.5 Å². The number of anilines is 3. The van der Waals surface area contributed by atoms with Gasteiger partial charge in [0.2, 0.25) is 22.2 Å². The van der Waals surface area contributed by atoms with Crippen LogP contribution in [0, 0.1) is 5.82 Å². The first kappa shape index (κ1) is 30.9. The third-order valence-corrected chi connectivity index (χ3v) is 5.27. The lowest BCUT2D eigenvalue weighted by Gasteiger charge is -2.26. The van der Waals surface area contributed by atoms with Crippen LogP contribution in [0.3, 0.4) is 0 Å². The van der Waals surface area contributed by atoms with E-state index in [2.05, 4.69) is 35.8 Å². The minimum absolute atomic E-state index is 0.194. The molecule has 1 amide bonds. The number of hydrogen-bond donors (Lipinski definition) is 2. The largest absolute Gasteiger partial charge is 0.459 e. The molecule has 16 heteroatoms. The van der Waals surface area contributed by atoms with E-state index in [1.807, 2.05) is 20.8 Å². The molecular formula is C22H27ClF4N8O2S. The van der Waals surface area contributed by atoms with Gasteiger partial charge in [-0.15, -0.1) is 5.10 Å². The van der Waals surface area contributed by atoms with Gasteiger partial charge in [0.1, 0.15) is 5.82 Å². The van der Waals surface area contributed by atoms with Crippen molar-refractivity contribution in [2.24, 2.45) is 0 Å². The number of ether oxygens (including phenoxy) is 1. The molecule has 0 radical (unpaired) electrons. The van der Waals surface area contributed by atoms with E-state index >= 15 is 0 Å². The molecule has 10 nitrogen and oxygen atoms in total. The first-order valence-electron chi connectivity index (χ1n) is 11.3. The fourth-order valence-electron chi connectivity index (χ4n) is 2.82. The maximum Gasteiger partial charge on any atom is 0.445 e. The molecule has 0 aliphatic carbocycles. The van der Waals surface area contributed by atoms with E-state index in [0.717, 1.165) is 6.54 Å². The van der Waals surface area contributed by atoms with Crippen LogP contribution in [0.1, 0.15) is 39.6 Å². The average Bonchev–Trinajstić information content (AvgIpc) is 3.29. The topological polar surface area (TPSA) is 118 Å². The van der Waals surface area contributed by atoms with Crippen LogP contribution < -0.4 is 20.3 Å². The van der Waals surface area contributed by atoms with Crippen LogP contribution in [0.25, 0.3) is 0 Å². The summed E-state index contributed by atoms with van der Waals surface area (Å²) in [7, 11) is 0. The SMILES string of the molecule is CC(C)N(C(=O)COc1nnc(C(F)(F)F)s1)c1ccc(F)cc1.CCNc1nc(Cl)nc(NC(C)C)n1. The molecule has 2 aromatic heterocycles. The fraction of sp³-hybridized carbons (Fsp3) is 0.455. The molecule has 38 heavy (non-hydrogen) atoms. The van der Waals surface area contributed by atoms with Gasteiger partial charge < -0.3 is 20.3 Å². The zero-order valence-corrected chi connectivity index (χ0v) is 22.7. The van der Waals surface area contributed by atoms with Crippen molar-refractivity contribution in [3.63, 3.8) is 0 Å². The van der Waals surface area contributed by atoms with Crippen molar-refractivity contribution in [1.82, 2.24) is 25.1 Å². The summed E-state index contributed by atoms with van der Waals surface area (Å²) in [6.45, 7) is 9.70. The molecule has 2 N–H and O–H groups in total. The van der Waals surface area contributed by atoms with Crippen LogP contribution in [-0.2, 0) is 11.0 Å². The molecule has 3 rings (SSSR count). The van der Waals surface area contributed by atoms with Gasteiger partial charge in [0, 0.05) is 24.3 Å². The molecule has 0 atom stereocenters. The average molecular weight is 579 g/mol. The predicted octanol–water partition coefficient (Wildman–Crippen LogP) is 5.29. The van der Waals surface area contributed by atoms with Crippen LogP contribution >= 0.6 is 22.9 Å². The van der Waals surface area contributed by atoms with E-state index in [4.69, 9.17) is 16.3 Å². The number of halogens is 5. The van der Waals surface area contributed by atoms with E-state index in [1.54, 1.807) is 13.8 Å². The van der Waals surface area contributed by atoms with Gasteiger partial charge in [-0.1, -0.05) is 16.4 Å². The Kier molecular flexibility index (Phi) is 11.4. The van der Waals surface area contributed by atoms with Gasteiger partial charge in [-0.2, -0.15) is 28.1 Å². The summed E-state index contributed by atoms with van der Waals surface area (Å²) in [4.78, 5) is 25.6. The number of aromatic nitrogens is 5. The van der Waals surface area contributed by atoms with Crippen molar-refractivity contribution in [2.45, 2.75) is 52.9 Å². The fourth-order valence-corrected chi connectivity index (χ4v) is 3.54. The van der Waals surface area contributed by atoms with Crippen LogP contribution in [0.2, 0.25) is 5.28 Å². The Morgan fingerprint density at radius 1 is 1.08 bits per heavy atom. The van der Waals surface area contributed by atoms with Crippen LogP contribution in [0.4, 0.5) is 35.1 Å². The van der Waals surface area contributed by atoms with Crippen LogP contribution in [0.5, 0.6) is 5.19 Å². The minimum Gasteiger partial charge on any atom is -0.459 e. The number of rotatable bonds is 9. The number of hydrogen-bond acceptors (Lipinski definition) is 10. The molecule has 0 aliphatic heterocycles. The van der Waals surface area contributed by atoms with Crippen molar-refractivity contribution in [2.75, 3.05) is 28.7 Å². The summed E-state index contributed by atoms with van der Waals surface area (Å²) in [5.41, 5.74) is 0.452. The normalized spacial score (nSPS) is 11.2. The van der Waals surface area contributed by atoms with Gasteiger partial charge in [-0.3, -0.25) is 4.79 Å². The van der Waals surface area contributed by atoms with Crippen molar-refractivity contribution in [3.8, 4) is 5.19 Å². The third kappa shape index (κ3) is 9.85. The van der Waals surface area contributed by atoms with E-state index in [1.165, 1.54) is 29.2 Å². The third-order valence-electron chi connectivity index (χ3n) is 4.22. The highest BCUT2D eigenvalue weighted by Crippen LogP contribution is 2.33. The molecule has 0 saturated heterocycles. The second kappa shape index (κ2) is 14.0. The number of nitrogens with zero attached hydrogens (tertiary/aromatic N) is 6. The summed E-state index contributed by atoms with van der Waals surface area (Å²) < 4.78 is 55.3. The highest BCUT2D eigenvalue weighted by atomic mass is 35.5. The van der Waals surface area contributed by atoms with Crippen molar-refractivity contribution in [3.05, 3.63) is 40.4 Å². The zero-order chi connectivity index (χ0) is 28.5. The van der Waals surface area contributed by atoms with Crippen molar-refractivity contribution < 1.29 is 27.1 Å². The van der Waals surface area contributed by atoms with E-state index < -0.39 is 29.5 Å². The Balaban J connectivity index is 0.000000308. The molecule has 0 aliphatic rings. The first-order chi connectivity index (χ1) is 17.8. The lowest BCUT2D eigenvalue weighted by molar-refractivity contribution is -0.138. The van der Waals surface area contributed by atoms with Crippen LogP contribution in [-0.4, -0.2) is 56.3 Å². The van der Waals surface area contributed by atoms with Crippen molar-refractivity contribution >= 4 is 46.4 Å². The minimum atomic E-state index is -4.61. The Morgan fingerprint density at radius 2 is 1.71 bits per heavy atom. The van der Waals surface area contributed by atoms with Gasteiger partial charge in [0.15, 0.2) is 6.61 Å². The molecule has 0 spiro atoms. The van der Waals surface area contributed by atoms with Gasteiger partial charge in [0.05, 0.1) is 0 Å². The van der Waals surface area contributed by atoms with Crippen LogP contribution in [0.15, 0.2) is 24.3 Å². The standard InChI is InChI=1S/C14H13F4N3O2S.C8H14ClN5/c1-8(2)21(10-5-3-9(15)4-6-10)11(22)7-23-13-20-19-12(24-13)14(16,17)18;1-4-10-7-12-6(9)13-8(14-7)11-5(2)3/h3-6,8H,7H2,1-2H3;5H,4H2,1-3H3,(H2,10,11,12,13,14). The lowest BCUT2D eigenvalue weighted by atomic mass is 10.2. The van der Waals surface area contributed by atoms with Gasteiger partial charge >= 0.3 is 6.18 Å². The second-order valence-electron chi connectivity index (χ2n) is 8.07. The molecule has 2 heterocycles. The maximum atomic E-state index is 13.0. The van der Waals surface area contributed by atoms with E-state index in [9.17, 15) is 22.4 Å². The molecule has 0 unspecified atom stereocenters. The Morgan fingerprint density at radius 3 is 2.24 bits per heavy atom. The maximum absolute atomic E-state index is 13.0. The summed E-state index contributed by atoms with van der Waals surface area (Å²) >= 11 is 5.94. The number of alkyl halides is 3. The predicted molar refractivity (Wildman–Crippen MR) is 137 cm³/mol. The molecule has 1 aromatic carbocycles. The number of amides is 1. The molecule has 0 saturated carbocycles. The van der Waals surface area contributed by atoms with E-state index in [0.29, 0.717) is 17.6 Å². The summed E-state index contributed by atoms with van der Waals surface area (Å²) in [5.74, 6) is 0.0478. The Labute approximate surface area is 225 Å². The highest BCUT2D eigenvalue weighted by Gasteiger charge is 2.36. The number of carbonyl (C=O) groups excluding carboxylic acids is 1. The summed E-state index contributed by atoms with van der Waals surface area (Å²) in [5, 5.41) is 10.9. The van der Waals surface area contributed by atoms with Gasteiger partial charge in [-0.25, -0.2) is 4.39 Å². The smallest absolute Gasteiger partial charge is 0.445 e. The molecular weight excluding hydrogens is 552 g/mol. The lowest BCUT2D eigenvalue weighted by Crippen LogP contribution is -2.40. The molecule has 208 valence electrons. The number of carbonyl (C=O) groups is 1. The van der Waals surface area contributed by atoms with Gasteiger partial charge in [0.25, 0.3) is 11.1 Å². The Bertz CT molecular complexity index is 1180. The molecule has 0 fully saturated rings. The summed E-state index contributed by atoms with van der Waals surface area (Å²) in [6.07, 6.45) is -4.61. The van der Waals surface area contributed by atoms with E-state index in [-0.39, 0.29) is 33.9 Å². The monoisotopic (exact) mass is 578 g/mol.